The van der Waals surface area contributed by atoms with Crippen LogP contribution in [0.2, 0.25) is 0 Å². The number of benzene rings is 2. The van der Waals surface area contributed by atoms with Gasteiger partial charge in [-0.05, 0) is 69.0 Å². The number of nitrogens with zero attached hydrogens (tertiary/aromatic N) is 1. The molecule has 1 heterocycles. The quantitative estimate of drug-likeness (QED) is 0.589. The van der Waals surface area contributed by atoms with E-state index in [1.54, 1.807) is 4.90 Å². The lowest BCUT2D eigenvalue weighted by molar-refractivity contribution is -0.160. The number of rotatable bonds is 7. The molecule has 1 aliphatic rings. The van der Waals surface area contributed by atoms with Gasteiger partial charge in [-0.3, -0.25) is 19.2 Å². The van der Waals surface area contributed by atoms with E-state index in [0.29, 0.717) is 37.2 Å². The van der Waals surface area contributed by atoms with Crippen LogP contribution in [-0.2, 0) is 19.1 Å². The number of amides is 3. The summed E-state index contributed by atoms with van der Waals surface area (Å²) in [7, 11) is 0. The summed E-state index contributed by atoms with van der Waals surface area (Å²) in [6.45, 7) is 5.67. The SMILES string of the molecule is Cc1cccc(C)c1NC(=O)CNC(=O)[C@@H](C)OC(=O)C1CCN(C(=O)c2ccc(F)cc2)CC1. The average molecular weight is 484 g/mol. The molecule has 0 bridgehead atoms. The van der Waals surface area contributed by atoms with Gasteiger partial charge in [0.1, 0.15) is 5.82 Å². The largest absolute Gasteiger partial charge is 0.452 e. The smallest absolute Gasteiger partial charge is 0.309 e. The molecule has 0 saturated carbocycles. The molecule has 3 amide bonds. The van der Waals surface area contributed by atoms with E-state index < -0.39 is 29.7 Å². The zero-order valence-corrected chi connectivity index (χ0v) is 20.1. The molecule has 1 saturated heterocycles. The first kappa shape index (κ1) is 25.9. The summed E-state index contributed by atoms with van der Waals surface area (Å²) in [5.41, 5.74) is 2.92. The van der Waals surface area contributed by atoms with Gasteiger partial charge in [-0.1, -0.05) is 18.2 Å². The van der Waals surface area contributed by atoms with E-state index in [1.165, 1.54) is 31.2 Å². The van der Waals surface area contributed by atoms with Gasteiger partial charge in [0.15, 0.2) is 6.10 Å². The first-order valence-corrected chi connectivity index (χ1v) is 11.5. The second-order valence-corrected chi connectivity index (χ2v) is 8.69. The number of piperidine rings is 1. The average Bonchev–Trinajstić information content (AvgIpc) is 2.85. The molecule has 2 N–H and O–H groups in total. The van der Waals surface area contributed by atoms with E-state index in [-0.39, 0.29) is 18.4 Å². The van der Waals surface area contributed by atoms with Crippen LogP contribution in [0.15, 0.2) is 42.5 Å². The first-order chi connectivity index (χ1) is 16.7. The molecule has 186 valence electrons. The van der Waals surface area contributed by atoms with Crippen LogP contribution in [0, 0.1) is 25.6 Å². The van der Waals surface area contributed by atoms with Gasteiger partial charge in [-0.2, -0.15) is 0 Å². The van der Waals surface area contributed by atoms with Crippen LogP contribution in [0.1, 0.15) is 41.3 Å². The molecule has 0 radical (unpaired) electrons. The summed E-state index contributed by atoms with van der Waals surface area (Å²) in [5, 5.41) is 5.27. The highest BCUT2D eigenvalue weighted by Gasteiger charge is 2.30. The summed E-state index contributed by atoms with van der Waals surface area (Å²) >= 11 is 0. The van der Waals surface area contributed by atoms with Gasteiger partial charge in [0, 0.05) is 24.3 Å². The number of esters is 1. The number of anilines is 1. The zero-order valence-electron chi connectivity index (χ0n) is 20.1. The topological polar surface area (TPSA) is 105 Å². The predicted molar refractivity (Wildman–Crippen MR) is 128 cm³/mol. The van der Waals surface area contributed by atoms with Crippen LogP contribution in [0.3, 0.4) is 0 Å². The van der Waals surface area contributed by atoms with Crippen LogP contribution >= 0.6 is 0 Å². The Kier molecular flexibility index (Phi) is 8.57. The second kappa shape index (κ2) is 11.6. The standard InChI is InChI=1S/C26H30FN3O5/c1-16-5-4-6-17(2)23(16)29-22(31)15-28-24(32)18(3)35-26(34)20-11-13-30(14-12-20)25(33)19-7-9-21(27)10-8-19/h4-10,18,20H,11-15H2,1-3H3,(H,28,32)(H,29,31)/t18-/m1/s1. The lowest BCUT2D eigenvalue weighted by atomic mass is 9.96. The molecule has 9 heteroatoms. The van der Waals surface area contributed by atoms with Crippen molar-refractivity contribution in [3.8, 4) is 0 Å². The van der Waals surface area contributed by atoms with Crippen molar-refractivity contribution in [1.29, 1.82) is 0 Å². The van der Waals surface area contributed by atoms with Gasteiger partial charge in [-0.25, -0.2) is 4.39 Å². The fourth-order valence-corrected chi connectivity index (χ4v) is 3.92. The van der Waals surface area contributed by atoms with Gasteiger partial charge >= 0.3 is 5.97 Å². The van der Waals surface area contributed by atoms with E-state index in [0.717, 1.165) is 11.1 Å². The molecule has 1 atom stereocenters. The molecule has 2 aromatic carbocycles. The molecule has 3 rings (SSSR count). The molecule has 1 aliphatic heterocycles. The van der Waals surface area contributed by atoms with E-state index >= 15 is 0 Å². The Morgan fingerprint density at radius 2 is 1.63 bits per heavy atom. The highest BCUT2D eigenvalue weighted by molar-refractivity contribution is 5.96. The molecule has 35 heavy (non-hydrogen) atoms. The Bertz CT molecular complexity index is 1070. The minimum atomic E-state index is -1.06. The number of likely N-dealkylation sites (tertiary alicyclic amines) is 1. The number of carbonyl (C=O) groups excluding carboxylic acids is 4. The van der Waals surface area contributed by atoms with Crippen molar-refractivity contribution in [2.45, 2.75) is 39.7 Å². The lowest BCUT2D eigenvalue weighted by Gasteiger charge is -2.31. The molecular formula is C26H30FN3O5. The maximum absolute atomic E-state index is 13.1. The Labute approximate surface area is 203 Å². The molecule has 2 aromatic rings. The number of halogens is 1. The molecule has 8 nitrogen and oxygen atoms in total. The summed E-state index contributed by atoms with van der Waals surface area (Å²) in [5.74, 6) is -2.53. The summed E-state index contributed by atoms with van der Waals surface area (Å²) < 4.78 is 18.4. The number of ether oxygens (including phenoxy) is 1. The van der Waals surface area contributed by atoms with Crippen LogP contribution in [0.5, 0.6) is 0 Å². The Morgan fingerprint density at radius 3 is 2.23 bits per heavy atom. The maximum Gasteiger partial charge on any atom is 0.309 e. The fraction of sp³-hybridized carbons (Fsp3) is 0.385. The maximum atomic E-state index is 13.1. The Morgan fingerprint density at radius 1 is 1.03 bits per heavy atom. The summed E-state index contributed by atoms with van der Waals surface area (Å²) in [6, 6.07) is 11.0. The molecular weight excluding hydrogens is 453 g/mol. The monoisotopic (exact) mass is 483 g/mol. The van der Waals surface area contributed by atoms with Crippen molar-refractivity contribution >= 4 is 29.4 Å². The first-order valence-electron chi connectivity index (χ1n) is 11.5. The molecule has 0 aromatic heterocycles. The number of carbonyl (C=O) groups is 4. The molecule has 0 spiro atoms. The van der Waals surface area contributed by atoms with Gasteiger partial charge in [0.2, 0.25) is 5.91 Å². The third-order valence-corrected chi connectivity index (χ3v) is 6.04. The van der Waals surface area contributed by atoms with E-state index in [2.05, 4.69) is 10.6 Å². The van der Waals surface area contributed by atoms with Crippen LogP contribution in [0.25, 0.3) is 0 Å². The van der Waals surface area contributed by atoms with Gasteiger partial charge < -0.3 is 20.3 Å². The molecule has 0 aliphatic carbocycles. The third-order valence-electron chi connectivity index (χ3n) is 6.04. The van der Waals surface area contributed by atoms with Crippen molar-refractivity contribution in [2.75, 3.05) is 25.0 Å². The number of nitrogens with one attached hydrogen (secondary N) is 2. The number of hydrogen-bond donors (Lipinski definition) is 2. The lowest BCUT2D eigenvalue weighted by Crippen LogP contribution is -2.43. The van der Waals surface area contributed by atoms with Crippen molar-refractivity contribution in [2.24, 2.45) is 5.92 Å². The van der Waals surface area contributed by atoms with E-state index in [9.17, 15) is 23.6 Å². The van der Waals surface area contributed by atoms with Crippen molar-refractivity contribution < 1.29 is 28.3 Å². The van der Waals surface area contributed by atoms with Gasteiger partial charge in [-0.15, -0.1) is 0 Å². The van der Waals surface area contributed by atoms with Crippen LogP contribution in [0.4, 0.5) is 10.1 Å². The minimum absolute atomic E-state index is 0.219. The third kappa shape index (κ3) is 6.88. The van der Waals surface area contributed by atoms with Crippen LogP contribution < -0.4 is 10.6 Å². The summed E-state index contributed by atoms with van der Waals surface area (Å²) in [4.78, 5) is 51.2. The van der Waals surface area contributed by atoms with E-state index in [1.807, 2.05) is 32.0 Å². The Hall–Kier alpha value is -3.75. The van der Waals surface area contributed by atoms with Crippen LogP contribution in [-0.4, -0.2) is 54.3 Å². The Balaban J connectivity index is 1.42. The second-order valence-electron chi connectivity index (χ2n) is 8.69. The van der Waals surface area contributed by atoms with Crippen molar-refractivity contribution in [3.05, 3.63) is 65.0 Å². The number of para-hydroxylation sites is 1. The number of hydrogen-bond acceptors (Lipinski definition) is 5. The van der Waals surface area contributed by atoms with E-state index in [4.69, 9.17) is 4.74 Å². The molecule has 1 fully saturated rings. The highest BCUT2D eigenvalue weighted by Crippen LogP contribution is 2.21. The zero-order chi connectivity index (χ0) is 25.5. The van der Waals surface area contributed by atoms with Crippen molar-refractivity contribution in [3.63, 3.8) is 0 Å². The number of aryl methyl sites for hydroxylation is 2. The normalized spacial score (nSPS) is 14.7. The van der Waals surface area contributed by atoms with Gasteiger partial charge in [0.25, 0.3) is 11.8 Å². The predicted octanol–water partition coefficient (Wildman–Crippen LogP) is 2.98. The fourth-order valence-electron chi connectivity index (χ4n) is 3.92. The summed E-state index contributed by atoms with van der Waals surface area (Å²) in [6.07, 6.45) is -0.259. The molecule has 0 unspecified atom stereocenters. The van der Waals surface area contributed by atoms with Crippen molar-refractivity contribution in [1.82, 2.24) is 10.2 Å². The van der Waals surface area contributed by atoms with Gasteiger partial charge in [0.05, 0.1) is 12.5 Å². The minimum Gasteiger partial charge on any atom is -0.452 e. The highest BCUT2D eigenvalue weighted by atomic mass is 19.1.